The lowest BCUT2D eigenvalue weighted by Gasteiger charge is -2.10. The monoisotopic (exact) mass is 658 g/mol. The van der Waals surface area contributed by atoms with E-state index in [1.807, 2.05) is 0 Å². The van der Waals surface area contributed by atoms with Crippen LogP contribution < -0.4 is 15.4 Å². The summed E-state index contributed by atoms with van der Waals surface area (Å²) in [5.41, 5.74) is 2.85. The van der Waals surface area contributed by atoms with Gasteiger partial charge in [-0.1, -0.05) is 53.5 Å². The molecule has 0 bridgehead atoms. The van der Waals surface area contributed by atoms with Crippen molar-refractivity contribution < 1.29 is 23.9 Å². The lowest BCUT2D eigenvalue weighted by molar-refractivity contribution is -0.127. The van der Waals surface area contributed by atoms with Crippen molar-refractivity contribution in [3.05, 3.63) is 101 Å². The number of nitrogens with zero attached hydrogens (tertiary/aromatic N) is 4. The van der Waals surface area contributed by atoms with Crippen LogP contribution in [0.3, 0.4) is 0 Å². The van der Waals surface area contributed by atoms with Gasteiger partial charge < -0.3 is 15.4 Å². The molecule has 0 fully saturated rings. The van der Waals surface area contributed by atoms with Crippen LogP contribution in [0.25, 0.3) is 11.1 Å². The van der Waals surface area contributed by atoms with Crippen molar-refractivity contribution in [3.63, 3.8) is 0 Å². The second kappa shape index (κ2) is 15.6. The molecule has 0 aromatic heterocycles. The zero-order valence-electron chi connectivity index (χ0n) is 24.9. The second-order valence-corrected chi connectivity index (χ2v) is 10.7. The van der Waals surface area contributed by atoms with Crippen molar-refractivity contribution in [2.45, 2.75) is 25.9 Å². The average Bonchev–Trinajstić information content (AvgIpc) is 3.03. The van der Waals surface area contributed by atoms with Crippen LogP contribution in [-0.2, 0) is 19.2 Å². The van der Waals surface area contributed by atoms with Gasteiger partial charge in [0.15, 0.2) is 11.6 Å². The van der Waals surface area contributed by atoms with Gasteiger partial charge in [0.25, 0.3) is 11.8 Å². The largest absolute Gasteiger partial charge is 0.497 e. The molecule has 0 heterocycles. The summed E-state index contributed by atoms with van der Waals surface area (Å²) in [6.07, 6.45) is 0. The van der Waals surface area contributed by atoms with Crippen LogP contribution in [0.4, 0.5) is 22.7 Å². The topological polar surface area (TPSA) is 151 Å². The van der Waals surface area contributed by atoms with E-state index in [-0.39, 0.29) is 21.4 Å². The van der Waals surface area contributed by atoms with E-state index < -0.39 is 35.5 Å². The van der Waals surface area contributed by atoms with Crippen molar-refractivity contribution >= 4 is 69.3 Å². The number of carbonyl (C=O) groups is 4. The van der Waals surface area contributed by atoms with Gasteiger partial charge in [0.2, 0.25) is 12.1 Å². The van der Waals surface area contributed by atoms with Gasteiger partial charge in [-0.05, 0) is 85.6 Å². The third-order valence-electron chi connectivity index (χ3n) is 6.46. The molecule has 4 aromatic rings. The molecule has 2 unspecified atom stereocenters. The molecule has 46 heavy (non-hydrogen) atoms. The molecule has 0 aliphatic carbocycles. The second-order valence-electron chi connectivity index (χ2n) is 9.86. The summed E-state index contributed by atoms with van der Waals surface area (Å²) in [4.78, 5) is 49.6. The zero-order chi connectivity index (χ0) is 33.2. The molecule has 2 atom stereocenters. The summed E-state index contributed by atoms with van der Waals surface area (Å²) < 4.78 is 5.10. The van der Waals surface area contributed by atoms with Gasteiger partial charge in [-0.15, -0.1) is 0 Å². The van der Waals surface area contributed by atoms with E-state index in [1.165, 1.54) is 21.0 Å². The summed E-state index contributed by atoms with van der Waals surface area (Å²) in [5.74, 6) is -1.63. The Hall–Kier alpha value is -5.26. The van der Waals surface area contributed by atoms with Gasteiger partial charge in [-0.25, -0.2) is 0 Å². The zero-order valence-corrected chi connectivity index (χ0v) is 26.4. The van der Waals surface area contributed by atoms with Gasteiger partial charge in [0.05, 0.1) is 17.2 Å². The molecule has 0 aliphatic heterocycles. The summed E-state index contributed by atoms with van der Waals surface area (Å²) >= 11 is 12.9. The molecule has 2 N–H and O–H groups in total. The van der Waals surface area contributed by atoms with Crippen molar-refractivity contribution in [3.8, 4) is 16.9 Å². The molecule has 4 aromatic carbocycles. The van der Waals surface area contributed by atoms with Crippen LogP contribution in [-0.4, -0.2) is 42.6 Å². The molecule has 0 spiro atoms. The maximum Gasteiger partial charge on any atom is 0.258 e. The standard InChI is InChI=1S/C33H28Cl2N6O5/c1-19(42)30(32(44)36-23-7-5-4-6-8-23)40-38-28-15-9-21(17-26(28)34)22-10-16-29(27(35)18-22)39-41-31(20(2)43)33(45)37-24-11-13-25(46-3)14-12-24/h4-18,30-31H,1-3H3,(H,36,44)(H,37,45). The van der Waals surface area contributed by atoms with E-state index in [0.717, 1.165) is 0 Å². The van der Waals surface area contributed by atoms with Crippen LogP contribution in [0.2, 0.25) is 10.0 Å². The van der Waals surface area contributed by atoms with Gasteiger partial charge >= 0.3 is 0 Å². The van der Waals surface area contributed by atoms with Gasteiger partial charge in [0.1, 0.15) is 17.1 Å². The smallest absolute Gasteiger partial charge is 0.258 e. The van der Waals surface area contributed by atoms with E-state index in [2.05, 4.69) is 31.1 Å². The van der Waals surface area contributed by atoms with Gasteiger partial charge in [-0.3, -0.25) is 19.2 Å². The molecule has 0 saturated carbocycles. The molecule has 11 nitrogen and oxygen atoms in total. The van der Waals surface area contributed by atoms with Crippen molar-refractivity contribution in [1.82, 2.24) is 0 Å². The maximum atomic E-state index is 12.7. The van der Waals surface area contributed by atoms with Crippen LogP contribution in [0.15, 0.2) is 111 Å². The Bertz CT molecular complexity index is 1810. The Morgan fingerprint density at radius 2 is 1.07 bits per heavy atom. The number of methoxy groups -OCH3 is 1. The van der Waals surface area contributed by atoms with Crippen LogP contribution >= 0.6 is 23.2 Å². The van der Waals surface area contributed by atoms with E-state index in [9.17, 15) is 19.2 Å². The number of Topliss-reactive ketones (excluding diaryl/α,β-unsaturated/α-hetero) is 2. The number of ether oxygens (including phenoxy) is 1. The lowest BCUT2D eigenvalue weighted by Crippen LogP contribution is -2.31. The third-order valence-corrected chi connectivity index (χ3v) is 7.06. The summed E-state index contributed by atoms with van der Waals surface area (Å²) in [7, 11) is 1.53. The molecule has 0 saturated heterocycles. The molecule has 13 heteroatoms. The highest BCUT2D eigenvalue weighted by Crippen LogP contribution is 2.35. The molecular formula is C33H28Cl2N6O5. The first-order valence-corrected chi connectivity index (χ1v) is 14.5. The van der Waals surface area contributed by atoms with E-state index in [4.69, 9.17) is 27.9 Å². The van der Waals surface area contributed by atoms with Crippen LogP contribution in [0.1, 0.15) is 13.8 Å². The quantitative estimate of drug-likeness (QED) is 0.117. The number of anilines is 2. The number of hydrogen-bond acceptors (Lipinski definition) is 9. The fourth-order valence-electron chi connectivity index (χ4n) is 4.03. The Kier molecular flexibility index (Phi) is 11.4. The Labute approximate surface area is 274 Å². The summed E-state index contributed by atoms with van der Waals surface area (Å²) in [6.45, 7) is 2.50. The van der Waals surface area contributed by atoms with E-state index in [0.29, 0.717) is 28.3 Å². The van der Waals surface area contributed by atoms with Crippen molar-refractivity contribution in [2.24, 2.45) is 20.5 Å². The number of azo groups is 2. The van der Waals surface area contributed by atoms with Gasteiger partial charge in [0, 0.05) is 11.4 Å². The fourth-order valence-corrected chi connectivity index (χ4v) is 4.47. The highest BCUT2D eigenvalue weighted by molar-refractivity contribution is 6.34. The van der Waals surface area contributed by atoms with E-state index >= 15 is 0 Å². The number of amides is 2. The maximum absolute atomic E-state index is 12.7. The Morgan fingerprint density at radius 1 is 0.630 bits per heavy atom. The minimum atomic E-state index is -1.38. The van der Waals surface area contributed by atoms with E-state index in [1.54, 1.807) is 91.0 Å². The number of carbonyl (C=O) groups excluding carboxylic acids is 4. The first-order valence-electron chi connectivity index (χ1n) is 13.8. The number of rotatable bonds is 12. The number of para-hydroxylation sites is 1. The first-order chi connectivity index (χ1) is 22.0. The molecular weight excluding hydrogens is 631 g/mol. The minimum Gasteiger partial charge on any atom is -0.497 e. The highest BCUT2D eigenvalue weighted by atomic mass is 35.5. The van der Waals surface area contributed by atoms with Crippen molar-refractivity contribution in [2.75, 3.05) is 17.7 Å². The number of halogens is 2. The van der Waals surface area contributed by atoms with Gasteiger partial charge in [-0.2, -0.15) is 20.5 Å². The number of ketones is 2. The Balaban J connectivity index is 1.46. The molecule has 4 rings (SSSR count). The third kappa shape index (κ3) is 8.90. The normalized spacial score (nSPS) is 12.5. The average molecular weight is 660 g/mol. The number of nitrogens with one attached hydrogen (secondary N) is 2. The summed E-state index contributed by atoms with van der Waals surface area (Å²) in [6, 6.07) is 22.4. The number of benzene rings is 4. The molecule has 0 radical (unpaired) electrons. The highest BCUT2D eigenvalue weighted by Gasteiger charge is 2.24. The molecule has 2 amide bonds. The molecule has 234 valence electrons. The first kappa shape index (κ1) is 33.6. The Morgan fingerprint density at radius 3 is 1.46 bits per heavy atom. The summed E-state index contributed by atoms with van der Waals surface area (Å²) in [5, 5.41) is 21.7. The predicted molar refractivity (Wildman–Crippen MR) is 177 cm³/mol. The lowest BCUT2D eigenvalue weighted by atomic mass is 10.0. The SMILES string of the molecule is COc1ccc(NC(=O)C(N=Nc2ccc(-c3ccc(N=NC(C(C)=O)C(=O)Nc4ccccc4)c(Cl)c3)cc2Cl)C(C)=O)cc1. The molecule has 0 aliphatic rings. The van der Waals surface area contributed by atoms with Crippen LogP contribution in [0.5, 0.6) is 5.75 Å². The fraction of sp³-hybridized carbons (Fsp3) is 0.152. The minimum absolute atomic E-state index is 0.215. The predicted octanol–water partition coefficient (Wildman–Crippen LogP) is 8.03. The van der Waals surface area contributed by atoms with Crippen LogP contribution in [0, 0.1) is 0 Å². The van der Waals surface area contributed by atoms with Crippen molar-refractivity contribution in [1.29, 1.82) is 0 Å². The number of hydrogen-bond donors (Lipinski definition) is 2.